The Bertz CT molecular complexity index is 1680. The second-order valence-corrected chi connectivity index (χ2v) is 28.1. The molecule has 0 fully saturated rings. The quantitative estimate of drug-likeness (QED) is 0.0222. The van der Waals surface area contributed by atoms with Crippen LogP contribution in [-0.2, 0) is 65.4 Å². The molecule has 510 valence electrons. The van der Waals surface area contributed by atoms with Gasteiger partial charge >= 0.3 is 39.5 Å². The van der Waals surface area contributed by atoms with E-state index < -0.39 is 97.5 Å². The van der Waals surface area contributed by atoms with Gasteiger partial charge in [-0.2, -0.15) is 0 Å². The van der Waals surface area contributed by atoms with Crippen LogP contribution in [0.1, 0.15) is 337 Å². The Morgan fingerprint density at radius 1 is 0.314 bits per heavy atom. The summed E-state index contributed by atoms with van der Waals surface area (Å²) in [6, 6.07) is 0. The minimum Gasteiger partial charge on any atom is -0.462 e. The van der Waals surface area contributed by atoms with E-state index in [9.17, 15) is 43.2 Å². The molecule has 0 aromatic rings. The highest BCUT2D eigenvalue weighted by Gasteiger charge is 2.30. The summed E-state index contributed by atoms with van der Waals surface area (Å²) in [7, 11) is -9.88. The van der Waals surface area contributed by atoms with Crippen LogP contribution in [0.15, 0.2) is 0 Å². The Kier molecular flexibility index (Phi) is 58.0. The van der Waals surface area contributed by atoms with Crippen molar-refractivity contribution < 1.29 is 80.2 Å². The standard InChI is InChI=1S/C67H130O17P2/c1-7-9-11-13-15-32-39-45-51-66(71)83-62(55-77-64(69)49-43-37-29-14-12-10-8-2)57-81-85(73,74)79-53-61(68)54-80-86(75,76)82-58-63(56-78-65(70)50-44-38-33-28-24-26-31-36-42-48-60(5)6)84-67(72)52-46-40-34-27-23-21-19-17-16-18-20-22-25-30-35-41-47-59(3)4/h59-63,68H,7-58H2,1-6H3,(H,73,74)(H,75,76)/t61-,62+,63+/m0/s1. The number of esters is 4. The van der Waals surface area contributed by atoms with E-state index in [0.29, 0.717) is 25.7 Å². The van der Waals surface area contributed by atoms with Crippen LogP contribution in [0.4, 0.5) is 0 Å². The molecule has 19 heteroatoms. The summed E-state index contributed by atoms with van der Waals surface area (Å²) in [6.45, 7) is 9.46. The zero-order valence-corrected chi connectivity index (χ0v) is 57.4. The molecular formula is C67H130O17P2. The van der Waals surface area contributed by atoms with Crippen LogP contribution in [0.2, 0.25) is 0 Å². The summed E-state index contributed by atoms with van der Waals surface area (Å²) in [5.41, 5.74) is 0. The highest BCUT2D eigenvalue weighted by Crippen LogP contribution is 2.45. The second kappa shape index (κ2) is 59.4. The molecule has 0 aromatic carbocycles. The highest BCUT2D eigenvalue weighted by atomic mass is 31.2. The molecule has 0 saturated carbocycles. The van der Waals surface area contributed by atoms with Crippen molar-refractivity contribution in [3.05, 3.63) is 0 Å². The van der Waals surface area contributed by atoms with Crippen LogP contribution < -0.4 is 0 Å². The second-order valence-electron chi connectivity index (χ2n) is 25.2. The van der Waals surface area contributed by atoms with Crippen LogP contribution in [0, 0.1) is 11.8 Å². The van der Waals surface area contributed by atoms with E-state index in [0.717, 1.165) is 121 Å². The first-order valence-electron chi connectivity index (χ1n) is 35.0. The molecule has 0 amide bonds. The van der Waals surface area contributed by atoms with E-state index in [2.05, 4.69) is 41.5 Å². The van der Waals surface area contributed by atoms with Gasteiger partial charge in [0.15, 0.2) is 12.2 Å². The van der Waals surface area contributed by atoms with Crippen LogP contribution in [-0.4, -0.2) is 96.7 Å². The fraction of sp³-hybridized carbons (Fsp3) is 0.940. The van der Waals surface area contributed by atoms with Gasteiger partial charge in [0.25, 0.3) is 0 Å². The Labute approximate surface area is 524 Å². The lowest BCUT2D eigenvalue weighted by atomic mass is 10.0. The monoisotopic (exact) mass is 1270 g/mol. The molecular weight excluding hydrogens is 1140 g/mol. The van der Waals surface area contributed by atoms with Crippen molar-refractivity contribution in [1.82, 2.24) is 0 Å². The summed E-state index contributed by atoms with van der Waals surface area (Å²) < 4.78 is 67.9. The van der Waals surface area contributed by atoms with Gasteiger partial charge in [-0.1, -0.05) is 286 Å². The maximum absolute atomic E-state index is 13.0. The first kappa shape index (κ1) is 84.1. The fourth-order valence-corrected chi connectivity index (χ4v) is 11.6. The number of phosphoric acid groups is 2. The summed E-state index contributed by atoms with van der Waals surface area (Å²) in [4.78, 5) is 72.1. The van der Waals surface area contributed by atoms with Gasteiger partial charge in [-0.3, -0.25) is 37.3 Å². The number of hydrogen-bond donors (Lipinski definition) is 3. The minimum atomic E-state index is -4.95. The molecule has 5 atom stereocenters. The number of carbonyl (C=O) groups excluding carboxylic acids is 4. The van der Waals surface area contributed by atoms with E-state index in [1.807, 2.05) is 0 Å². The van der Waals surface area contributed by atoms with E-state index in [1.165, 1.54) is 135 Å². The Morgan fingerprint density at radius 3 is 0.791 bits per heavy atom. The SMILES string of the molecule is CCCCCCCCCCC(=O)O[C@H](COC(=O)CCCCCCCCC)COP(=O)(O)OC[C@H](O)COP(=O)(O)OC[C@@H](COC(=O)CCCCCCCCCCCC(C)C)OC(=O)CCCCCCCCCCCCCCCCCCC(C)C. The van der Waals surface area contributed by atoms with Gasteiger partial charge in [-0.25, -0.2) is 9.13 Å². The van der Waals surface area contributed by atoms with Gasteiger partial charge in [0.1, 0.15) is 19.3 Å². The van der Waals surface area contributed by atoms with Crippen molar-refractivity contribution in [3.8, 4) is 0 Å². The van der Waals surface area contributed by atoms with Gasteiger partial charge in [0, 0.05) is 25.7 Å². The van der Waals surface area contributed by atoms with E-state index in [-0.39, 0.29) is 25.7 Å². The van der Waals surface area contributed by atoms with Crippen LogP contribution in [0.25, 0.3) is 0 Å². The normalized spacial score (nSPS) is 14.2. The first-order valence-corrected chi connectivity index (χ1v) is 38.0. The Balaban J connectivity index is 5.15. The van der Waals surface area contributed by atoms with Gasteiger partial charge < -0.3 is 33.8 Å². The number of aliphatic hydroxyl groups excluding tert-OH is 1. The molecule has 2 unspecified atom stereocenters. The molecule has 0 heterocycles. The third-order valence-corrected chi connectivity index (χ3v) is 17.4. The fourth-order valence-electron chi connectivity index (χ4n) is 10.1. The minimum absolute atomic E-state index is 0.104. The zero-order valence-electron chi connectivity index (χ0n) is 55.6. The highest BCUT2D eigenvalue weighted by molar-refractivity contribution is 7.47. The van der Waals surface area contributed by atoms with Crippen molar-refractivity contribution in [2.24, 2.45) is 11.8 Å². The first-order chi connectivity index (χ1) is 41.4. The number of aliphatic hydroxyl groups is 1. The Hall–Kier alpha value is -1.94. The summed E-state index contributed by atoms with van der Waals surface area (Å²) >= 11 is 0. The molecule has 0 rings (SSSR count). The lowest BCUT2D eigenvalue weighted by Gasteiger charge is -2.21. The summed E-state index contributed by atoms with van der Waals surface area (Å²) in [5.74, 6) is -0.583. The third kappa shape index (κ3) is 60.9. The number of rotatable bonds is 66. The number of hydrogen-bond acceptors (Lipinski definition) is 15. The topological polar surface area (TPSA) is 237 Å². The molecule has 3 N–H and O–H groups in total. The summed E-state index contributed by atoms with van der Waals surface area (Å²) in [6.07, 6.45) is 43.3. The van der Waals surface area contributed by atoms with Crippen LogP contribution in [0.3, 0.4) is 0 Å². The van der Waals surface area contributed by atoms with Crippen molar-refractivity contribution in [1.29, 1.82) is 0 Å². The van der Waals surface area contributed by atoms with Crippen LogP contribution >= 0.6 is 15.6 Å². The average molecular weight is 1270 g/mol. The smallest absolute Gasteiger partial charge is 0.462 e. The van der Waals surface area contributed by atoms with Crippen molar-refractivity contribution in [2.75, 3.05) is 39.6 Å². The van der Waals surface area contributed by atoms with E-state index in [1.54, 1.807) is 0 Å². The maximum atomic E-state index is 13.0. The lowest BCUT2D eigenvalue weighted by molar-refractivity contribution is -0.161. The number of carbonyl (C=O) groups is 4. The molecule has 0 spiro atoms. The van der Waals surface area contributed by atoms with Crippen molar-refractivity contribution in [2.45, 2.75) is 355 Å². The molecule has 86 heavy (non-hydrogen) atoms. The van der Waals surface area contributed by atoms with Crippen LogP contribution in [0.5, 0.6) is 0 Å². The maximum Gasteiger partial charge on any atom is 0.472 e. The largest absolute Gasteiger partial charge is 0.472 e. The zero-order chi connectivity index (χ0) is 63.6. The Morgan fingerprint density at radius 2 is 0.535 bits per heavy atom. The van der Waals surface area contributed by atoms with E-state index in [4.69, 9.17) is 37.0 Å². The molecule has 0 radical (unpaired) electrons. The predicted octanol–water partition coefficient (Wildman–Crippen LogP) is 18.8. The van der Waals surface area contributed by atoms with Gasteiger partial charge in [0.05, 0.1) is 26.4 Å². The number of ether oxygens (including phenoxy) is 4. The molecule has 0 saturated heterocycles. The van der Waals surface area contributed by atoms with Gasteiger partial charge in [-0.05, 0) is 37.5 Å². The molecule has 0 aliphatic heterocycles. The van der Waals surface area contributed by atoms with Crippen molar-refractivity contribution in [3.63, 3.8) is 0 Å². The third-order valence-electron chi connectivity index (χ3n) is 15.5. The predicted molar refractivity (Wildman–Crippen MR) is 345 cm³/mol. The number of unbranched alkanes of at least 4 members (excludes halogenated alkanes) is 36. The molecule has 0 aliphatic carbocycles. The lowest BCUT2D eigenvalue weighted by Crippen LogP contribution is -2.30. The molecule has 17 nitrogen and oxygen atoms in total. The summed E-state index contributed by atoms with van der Waals surface area (Å²) in [5, 5.41) is 10.5. The number of phosphoric ester groups is 2. The van der Waals surface area contributed by atoms with Gasteiger partial charge in [0.2, 0.25) is 0 Å². The van der Waals surface area contributed by atoms with Crippen molar-refractivity contribution >= 4 is 39.5 Å². The average Bonchev–Trinajstić information content (AvgIpc) is 3.62. The van der Waals surface area contributed by atoms with E-state index >= 15 is 0 Å². The molecule has 0 aromatic heterocycles. The molecule has 0 bridgehead atoms. The van der Waals surface area contributed by atoms with Gasteiger partial charge in [-0.15, -0.1) is 0 Å². The molecule has 0 aliphatic rings.